The SMILES string of the molecule is Cc1ccccc1CNC(=O)[C@@H](C)N1CCO[C@@H](c2nccs2)C1. The molecule has 0 bridgehead atoms. The Hall–Kier alpha value is -1.76. The fourth-order valence-electron chi connectivity index (χ4n) is 2.87. The molecule has 0 spiro atoms. The first-order chi connectivity index (χ1) is 11.6. The largest absolute Gasteiger partial charge is 0.368 e. The van der Waals surface area contributed by atoms with Crippen LogP contribution >= 0.6 is 11.3 Å². The van der Waals surface area contributed by atoms with Crippen molar-refractivity contribution in [2.45, 2.75) is 32.5 Å². The summed E-state index contributed by atoms with van der Waals surface area (Å²) >= 11 is 1.60. The van der Waals surface area contributed by atoms with Gasteiger partial charge in [-0.1, -0.05) is 24.3 Å². The number of aryl methyl sites for hydroxylation is 1. The van der Waals surface area contributed by atoms with Crippen molar-refractivity contribution in [2.24, 2.45) is 0 Å². The van der Waals surface area contributed by atoms with Crippen LogP contribution in [-0.2, 0) is 16.1 Å². The average Bonchev–Trinajstić information content (AvgIpc) is 3.15. The molecular formula is C18H23N3O2S. The lowest BCUT2D eigenvalue weighted by atomic mass is 10.1. The summed E-state index contributed by atoms with van der Waals surface area (Å²) in [6.07, 6.45) is 1.76. The van der Waals surface area contributed by atoms with Crippen molar-refractivity contribution in [2.75, 3.05) is 19.7 Å². The van der Waals surface area contributed by atoms with Gasteiger partial charge in [0.15, 0.2) is 0 Å². The van der Waals surface area contributed by atoms with Crippen LogP contribution in [0.5, 0.6) is 0 Å². The zero-order chi connectivity index (χ0) is 16.9. The van der Waals surface area contributed by atoms with Gasteiger partial charge in [0.25, 0.3) is 0 Å². The molecule has 1 aromatic carbocycles. The van der Waals surface area contributed by atoms with E-state index in [9.17, 15) is 4.79 Å². The molecule has 1 fully saturated rings. The molecule has 2 heterocycles. The Morgan fingerprint density at radius 2 is 2.33 bits per heavy atom. The fourth-order valence-corrected chi connectivity index (χ4v) is 3.55. The maximum absolute atomic E-state index is 12.5. The van der Waals surface area contributed by atoms with Gasteiger partial charge in [0, 0.05) is 31.2 Å². The van der Waals surface area contributed by atoms with E-state index in [1.807, 2.05) is 30.5 Å². The zero-order valence-electron chi connectivity index (χ0n) is 14.1. The monoisotopic (exact) mass is 345 g/mol. The highest BCUT2D eigenvalue weighted by molar-refractivity contribution is 7.09. The molecule has 6 heteroatoms. The number of morpholine rings is 1. The lowest BCUT2D eigenvalue weighted by molar-refractivity contribution is -0.129. The predicted molar refractivity (Wildman–Crippen MR) is 94.9 cm³/mol. The third-order valence-electron chi connectivity index (χ3n) is 4.47. The summed E-state index contributed by atoms with van der Waals surface area (Å²) in [4.78, 5) is 19.0. The molecule has 2 aromatic rings. The minimum atomic E-state index is -0.180. The standard InChI is InChI=1S/C18H23N3O2S/c1-13-5-3-4-6-15(13)11-20-17(22)14(2)21-8-9-23-16(12-21)18-19-7-10-24-18/h3-7,10,14,16H,8-9,11-12H2,1-2H3,(H,20,22)/t14-,16-/m1/s1. The average molecular weight is 345 g/mol. The first-order valence-corrected chi connectivity index (χ1v) is 9.10. The molecule has 0 unspecified atom stereocenters. The van der Waals surface area contributed by atoms with Gasteiger partial charge in [-0.15, -0.1) is 11.3 Å². The molecule has 0 saturated carbocycles. The van der Waals surface area contributed by atoms with E-state index >= 15 is 0 Å². The fraction of sp³-hybridized carbons (Fsp3) is 0.444. The van der Waals surface area contributed by atoms with Crippen molar-refractivity contribution in [1.82, 2.24) is 15.2 Å². The van der Waals surface area contributed by atoms with Gasteiger partial charge < -0.3 is 10.1 Å². The Morgan fingerprint density at radius 1 is 1.50 bits per heavy atom. The van der Waals surface area contributed by atoms with Crippen LogP contribution in [0.15, 0.2) is 35.8 Å². The van der Waals surface area contributed by atoms with Gasteiger partial charge in [-0.05, 0) is 25.0 Å². The highest BCUT2D eigenvalue weighted by Crippen LogP contribution is 2.24. The number of nitrogens with zero attached hydrogens (tertiary/aromatic N) is 2. The van der Waals surface area contributed by atoms with Crippen LogP contribution in [0, 0.1) is 6.92 Å². The number of carbonyl (C=O) groups is 1. The van der Waals surface area contributed by atoms with Gasteiger partial charge in [0.2, 0.25) is 5.91 Å². The van der Waals surface area contributed by atoms with Crippen LogP contribution in [-0.4, -0.2) is 41.5 Å². The number of carbonyl (C=O) groups excluding carboxylic acids is 1. The molecule has 2 atom stereocenters. The highest BCUT2D eigenvalue weighted by Gasteiger charge is 2.29. The molecule has 1 aliphatic rings. The molecule has 1 amide bonds. The van der Waals surface area contributed by atoms with Crippen molar-refractivity contribution in [1.29, 1.82) is 0 Å². The van der Waals surface area contributed by atoms with E-state index in [1.165, 1.54) is 5.56 Å². The second-order valence-corrected chi connectivity index (χ2v) is 6.97. The summed E-state index contributed by atoms with van der Waals surface area (Å²) in [6.45, 7) is 6.67. The Morgan fingerprint density at radius 3 is 3.08 bits per heavy atom. The van der Waals surface area contributed by atoms with Gasteiger partial charge in [0.1, 0.15) is 11.1 Å². The van der Waals surface area contributed by atoms with Crippen molar-refractivity contribution in [3.8, 4) is 0 Å². The van der Waals surface area contributed by atoms with E-state index in [-0.39, 0.29) is 18.1 Å². The van der Waals surface area contributed by atoms with E-state index < -0.39 is 0 Å². The van der Waals surface area contributed by atoms with Crippen LogP contribution in [0.1, 0.15) is 29.2 Å². The minimum Gasteiger partial charge on any atom is -0.368 e. The predicted octanol–water partition coefficient (Wildman–Crippen LogP) is 2.53. The summed E-state index contributed by atoms with van der Waals surface area (Å²) in [5, 5.41) is 5.99. The number of rotatable bonds is 5. The lowest BCUT2D eigenvalue weighted by Gasteiger charge is -2.35. The summed E-state index contributed by atoms with van der Waals surface area (Å²) < 4.78 is 5.80. The summed E-state index contributed by atoms with van der Waals surface area (Å²) in [5.41, 5.74) is 2.35. The second kappa shape index (κ2) is 7.88. The first kappa shape index (κ1) is 17.1. The maximum atomic E-state index is 12.5. The van der Waals surface area contributed by atoms with Gasteiger partial charge in [-0.25, -0.2) is 4.98 Å². The maximum Gasteiger partial charge on any atom is 0.237 e. The minimum absolute atomic E-state index is 0.0367. The Balaban J connectivity index is 1.56. The molecule has 0 radical (unpaired) electrons. The third kappa shape index (κ3) is 4.01. The summed E-state index contributed by atoms with van der Waals surface area (Å²) in [6, 6.07) is 7.94. The van der Waals surface area contributed by atoms with Crippen molar-refractivity contribution >= 4 is 17.2 Å². The van der Waals surface area contributed by atoms with E-state index in [1.54, 1.807) is 17.5 Å². The van der Waals surface area contributed by atoms with Crippen LogP contribution in [0.2, 0.25) is 0 Å². The smallest absolute Gasteiger partial charge is 0.237 e. The summed E-state index contributed by atoms with van der Waals surface area (Å²) in [5.74, 6) is 0.0537. The van der Waals surface area contributed by atoms with Crippen molar-refractivity contribution in [3.05, 3.63) is 52.0 Å². The number of nitrogens with one attached hydrogen (secondary N) is 1. The number of hydrogen-bond donors (Lipinski definition) is 1. The third-order valence-corrected chi connectivity index (χ3v) is 5.33. The zero-order valence-corrected chi connectivity index (χ0v) is 14.9. The topological polar surface area (TPSA) is 54.5 Å². The molecule has 1 N–H and O–H groups in total. The molecule has 0 aliphatic carbocycles. The molecule has 24 heavy (non-hydrogen) atoms. The van der Waals surface area contributed by atoms with Crippen LogP contribution in [0.3, 0.4) is 0 Å². The van der Waals surface area contributed by atoms with Crippen LogP contribution < -0.4 is 5.32 Å². The number of amides is 1. The van der Waals surface area contributed by atoms with Crippen molar-refractivity contribution in [3.63, 3.8) is 0 Å². The molecule has 128 valence electrons. The number of benzene rings is 1. The first-order valence-electron chi connectivity index (χ1n) is 8.22. The van der Waals surface area contributed by atoms with E-state index in [0.29, 0.717) is 19.7 Å². The van der Waals surface area contributed by atoms with Gasteiger partial charge in [-0.3, -0.25) is 9.69 Å². The van der Waals surface area contributed by atoms with Crippen LogP contribution in [0.4, 0.5) is 0 Å². The van der Waals surface area contributed by atoms with E-state index in [2.05, 4.69) is 28.2 Å². The Kier molecular flexibility index (Phi) is 5.60. The van der Waals surface area contributed by atoms with E-state index in [4.69, 9.17) is 4.74 Å². The second-order valence-electron chi connectivity index (χ2n) is 6.04. The van der Waals surface area contributed by atoms with Crippen molar-refractivity contribution < 1.29 is 9.53 Å². The lowest BCUT2D eigenvalue weighted by Crippen LogP contribution is -2.50. The number of thiazole rings is 1. The number of ether oxygens (including phenoxy) is 1. The molecule has 1 aliphatic heterocycles. The molecule has 5 nitrogen and oxygen atoms in total. The molecule has 3 rings (SSSR count). The van der Waals surface area contributed by atoms with Gasteiger partial charge in [0.05, 0.1) is 12.6 Å². The van der Waals surface area contributed by atoms with E-state index in [0.717, 1.165) is 17.1 Å². The molecular weight excluding hydrogens is 322 g/mol. The number of hydrogen-bond acceptors (Lipinski definition) is 5. The highest BCUT2D eigenvalue weighted by atomic mass is 32.1. The molecule has 1 saturated heterocycles. The molecule has 1 aromatic heterocycles. The normalized spacial score (nSPS) is 19.8. The van der Waals surface area contributed by atoms with Gasteiger partial charge in [-0.2, -0.15) is 0 Å². The quantitative estimate of drug-likeness (QED) is 0.905. The Bertz CT molecular complexity index is 675. The summed E-state index contributed by atoms with van der Waals surface area (Å²) in [7, 11) is 0. The van der Waals surface area contributed by atoms with Crippen LogP contribution in [0.25, 0.3) is 0 Å². The van der Waals surface area contributed by atoms with Gasteiger partial charge >= 0.3 is 0 Å². The number of aromatic nitrogens is 1. The Labute approximate surface area is 146 Å².